The Morgan fingerprint density at radius 1 is 0.926 bits per heavy atom. The van der Waals surface area contributed by atoms with E-state index in [0.717, 1.165) is 18.3 Å². The largest absolute Gasteiger partial charge is 0.497 e. The first-order chi connectivity index (χ1) is 13.3. The number of benzene rings is 1. The Balaban J connectivity index is 1.18. The number of hydrogen-bond acceptors (Lipinski definition) is 3. The van der Waals surface area contributed by atoms with Gasteiger partial charge in [0.05, 0.1) is 7.11 Å². The van der Waals surface area contributed by atoms with Crippen molar-refractivity contribution >= 4 is 10.9 Å². The fourth-order valence-electron chi connectivity index (χ4n) is 4.92. The molecular formula is C23H35N3O. The summed E-state index contributed by atoms with van der Waals surface area (Å²) >= 11 is 0. The van der Waals surface area contributed by atoms with E-state index in [1.807, 2.05) is 0 Å². The third kappa shape index (κ3) is 4.67. The van der Waals surface area contributed by atoms with Crippen LogP contribution in [0.5, 0.6) is 5.75 Å². The summed E-state index contributed by atoms with van der Waals surface area (Å²) in [6.07, 6.45) is 12.0. The summed E-state index contributed by atoms with van der Waals surface area (Å²) in [4.78, 5) is 5.45. The number of fused-ring (bicyclic) bond motifs is 1. The molecule has 1 aliphatic heterocycles. The lowest BCUT2D eigenvalue weighted by atomic mass is 9.94. The van der Waals surface area contributed by atoms with Crippen molar-refractivity contribution in [2.45, 2.75) is 57.5 Å². The highest BCUT2D eigenvalue weighted by Crippen LogP contribution is 2.24. The Hall–Kier alpha value is -1.52. The minimum absolute atomic E-state index is 0.890. The lowest BCUT2D eigenvalue weighted by molar-refractivity contribution is 0.0781. The van der Waals surface area contributed by atoms with E-state index in [-0.39, 0.29) is 0 Å². The van der Waals surface area contributed by atoms with Gasteiger partial charge in [-0.15, -0.1) is 0 Å². The summed E-state index contributed by atoms with van der Waals surface area (Å²) in [5, 5.41) is 1.27. The van der Waals surface area contributed by atoms with Gasteiger partial charge in [-0.1, -0.05) is 19.3 Å². The minimum Gasteiger partial charge on any atom is -0.497 e. The van der Waals surface area contributed by atoms with E-state index in [1.54, 1.807) is 7.11 Å². The first-order valence-electron chi connectivity index (χ1n) is 10.9. The van der Waals surface area contributed by atoms with Crippen molar-refractivity contribution in [1.29, 1.82) is 0 Å². The second-order valence-corrected chi connectivity index (χ2v) is 8.31. The number of rotatable bonds is 7. The lowest BCUT2D eigenvalue weighted by Crippen LogP contribution is -2.50. The molecule has 1 saturated heterocycles. The third-order valence-corrected chi connectivity index (χ3v) is 6.60. The van der Waals surface area contributed by atoms with Crippen LogP contribution in [0.2, 0.25) is 0 Å². The van der Waals surface area contributed by atoms with Gasteiger partial charge in [-0.05, 0) is 56.5 Å². The van der Waals surface area contributed by atoms with Gasteiger partial charge in [0, 0.05) is 55.9 Å². The predicted octanol–water partition coefficient (Wildman–Crippen LogP) is 4.38. The van der Waals surface area contributed by atoms with Crippen molar-refractivity contribution < 1.29 is 4.74 Å². The number of piperazine rings is 1. The molecule has 0 bridgehead atoms. The standard InChI is InChI=1S/C23H35N3O/c1-27-22-9-10-23-20(19-22)11-14-26(23)13-6-5-12-24-15-17-25(18-16-24)21-7-3-2-4-8-21/h9-11,14,19,21H,2-8,12-13,15-18H2,1H3. The van der Waals surface area contributed by atoms with E-state index in [2.05, 4.69) is 44.8 Å². The molecule has 27 heavy (non-hydrogen) atoms. The summed E-state index contributed by atoms with van der Waals surface area (Å²) in [6, 6.07) is 9.45. The van der Waals surface area contributed by atoms with Gasteiger partial charge in [0.25, 0.3) is 0 Å². The number of methoxy groups -OCH3 is 1. The number of aryl methyl sites for hydroxylation is 1. The fourth-order valence-corrected chi connectivity index (χ4v) is 4.92. The molecule has 2 fully saturated rings. The quantitative estimate of drug-likeness (QED) is 0.676. The Labute approximate surface area is 164 Å². The smallest absolute Gasteiger partial charge is 0.119 e. The van der Waals surface area contributed by atoms with Gasteiger partial charge in [-0.3, -0.25) is 4.90 Å². The molecule has 1 aliphatic carbocycles. The van der Waals surface area contributed by atoms with Crippen LogP contribution in [0.1, 0.15) is 44.9 Å². The van der Waals surface area contributed by atoms with Gasteiger partial charge in [0.1, 0.15) is 5.75 Å². The first-order valence-corrected chi connectivity index (χ1v) is 10.9. The molecule has 0 unspecified atom stereocenters. The van der Waals surface area contributed by atoms with Crippen LogP contribution < -0.4 is 4.74 Å². The highest BCUT2D eigenvalue weighted by Gasteiger charge is 2.24. The molecule has 4 nitrogen and oxygen atoms in total. The highest BCUT2D eigenvalue weighted by molar-refractivity contribution is 5.81. The van der Waals surface area contributed by atoms with Gasteiger partial charge >= 0.3 is 0 Å². The number of unbranched alkanes of at least 4 members (excludes halogenated alkanes) is 1. The molecular weight excluding hydrogens is 334 g/mol. The fraction of sp³-hybridized carbons (Fsp3) is 0.652. The maximum atomic E-state index is 5.33. The van der Waals surface area contributed by atoms with Crippen molar-refractivity contribution in [1.82, 2.24) is 14.4 Å². The summed E-state index contributed by atoms with van der Waals surface area (Å²) in [7, 11) is 1.73. The maximum absolute atomic E-state index is 5.33. The average molecular weight is 370 g/mol. The molecule has 0 atom stereocenters. The van der Waals surface area contributed by atoms with E-state index in [4.69, 9.17) is 4.74 Å². The van der Waals surface area contributed by atoms with E-state index in [0.29, 0.717) is 0 Å². The molecule has 4 heteroatoms. The minimum atomic E-state index is 0.890. The van der Waals surface area contributed by atoms with Crippen molar-refractivity contribution in [2.24, 2.45) is 0 Å². The zero-order chi connectivity index (χ0) is 18.5. The van der Waals surface area contributed by atoms with Crippen molar-refractivity contribution in [3.63, 3.8) is 0 Å². The van der Waals surface area contributed by atoms with E-state index >= 15 is 0 Å². The average Bonchev–Trinajstić information content (AvgIpc) is 3.14. The molecule has 2 heterocycles. The molecule has 1 aromatic heterocycles. The molecule has 2 aromatic rings. The number of ether oxygens (including phenoxy) is 1. The Morgan fingerprint density at radius 2 is 1.70 bits per heavy atom. The number of aromatic nitrogens is 1. The first kappa shape index (κ1) is 18.8. The monoisotopic (exact) mass is 369 g/mol. The van der Waals surface area contributed by atoms with Crippen LogP contribution in [-0.2, 0) is 6.54 Å². The SMILES string of the molecule is COc1ccc2c(ccn2CCCCN2CCN(C3CCCCC3)CC2)c1. The topological polar surface area (TPSA) is 20.6 Å². The van der Waals surface area contributed by atoms with Crippen LogP contribution in [0.15, 0.2) is 30.5 Å². The van der Waals surface area contributed by atoms with E-state index < -0.39 is 0 Å². The van der Waals surface area contributed by atoms with Crippen LogP contribution in [-0.4, -0.2) is 60.2 Å². The second-order valence-electron chi connectivity index (χ2n) is 8.31. The molecule has 0 N–H and O–H groups in total. The number of nitrogens with zero attached hydrogens (tertiary/aromatic N) is 3. The molecule has 4 rings (SSSR count). The maximum Gasteiger partial charge on any atom is 0.119 e. The Bertz CT molecular complexity index is 711. The third-order valence-electron chi connectivity index (χ3n) is 6.60. The molecule has 0 spiro atoms. The van der Waals surface area contributed by atoms with E-state index in [9.17, 15) is 0 Å². The Morgan fingerprint density at radius 3 is 2.48 bits per heavy atom. The lowest BCUT2D eigenvalue weighted by Gasteiger charge is -2.40. The van der Waals surface area contributed by atoms with Crippen LogP contribution in [0, 0.1) is 0 Å². The molecule has 1 saturated carbocycles. The van der Waals surface area contributed by atoms with Crippen molar-refractivity contribution in [2.75, 3.05) is 39.8 Å². The zero-order valence-corrected chi connectivity index (χ0v) is 16.9. The molecule has 148 valence electrons. The van der Waals surface area contributed by atoms with Gasteiger partial charge in [0.15, 0.2) is 0 Å². The number of hydrogen-bond donors (Lipinski definition) is 0. The predicted molar refractivity (Wildman–Crippen MR) is 113 cm³/mol. The van der Waals surface area contributed by atoms with E-state index in [1.165, 1.54) is 88.6 Å². The molecule has 1 aromatic carbocycles. The van der Waals surface area contributed by atoms with Crippen LogP contribution in [0.25, 0.3) is 10.9 Å². The summed E-state index contributed by atoms with van der Waals surface area (Å²) in [6.45, 7) is 7.47. The highest BCUT2D eigenvalue weighted by atomic mass is 16.5. The zero-order valence-electron chi connectivity index (χ0n) is 16.9. The van der Waals surface area contributed by atoms with Crippen LogP contribution in [0.3, 0.4) is 0 Å². The molecule has 2 aliphatic rings. The summed E-state index contributed by atoms with van der Waals surface area (Å²) in [5.74, 6) is 0.938. The summed E-state index contributed by atoms with van der Waals surface area (Å²) < 4.78 is 7.71. The van der Waals surface area contributed by atoms with Crippen molar-refractivity contribution in [3.05, 3.63) is 30.5 Å². The molecule has 0 radical (unpaired) electrons. The van der Waals surface area contributed by atoms with Crippen LogP contribution >= 0.6 is 0 Å². The summed E-state index contributed by atoms with van der Waals surface area (Å²) in [5.41, 5.74) is 1.32. The van der Waals surface area contributed by atoms with Gasteiger partial charge in [0.2, 0.25) is 0 Å². The van der Waals surface area contributed by atoms with Crippen LogP contribution in [0.4, 0.5) is 0 Å². The molecule has 0 amide bonds. The Kier molecular flexibility index (Phi) is 6.36. The normalized spacial score (nSPS) is 20.3. The van der Waals surface area contributed by atoms with Gasteiger partial charge in [-0.25, -0.2) is 0 Å². The second kappa shape index (κ2) is 9.11. The van der Waals surface area contributed by atoms with Gasteiger partial charge < -0.3 is 14.2 Å². The van der Waals surface area contributed by atoms with Gasteiger partial charge in [-0.2, -0.15) is 0 Å². The van der Waals surface area contributed by atoms with Crippen molar-refractivity contribution in [3.8, 4) is 5.75 Å².